The Balaban J connectivity index is 1.83. The van der Waals surface area contributed by atoms with Crippen LogP contribution in [0.2, 0.25) is 0 Å². The molecular weight excluding hydrogens is 402 g/mol. The van der Waals surface area contributed by atoms with Crippen LogP contribution in [0.5, 0.6) is 0 Å². The zero-order valence-electron chi connectivity index (χ0n) is 14.6. The fourth-order valence-corrected chi connectivity index (χ4v) is 4.37. The van der Waals surface area contributed by atoms with Gasteiger partial charge in [0.1, 0.15) is 0 Å². The highest BCUT2D eigenvalue weighted by Crippen LogP contribution is 2.26. The Morgan fingerprint density at radius 3 is 2.43 bits per heavy atom. The summed E-state index contributed by atoms with van der Waals surface area (Å²) in [5.74, 6) is -0.552. The van der Waals surface area contributed by atoms with Crippen molar-refractivity contribution >= 4 is 43.6 Å². The van der Waals surface area contributed by atoms with Crippen LogP contribution in [0.25, 0.3) is 0 Å². The minimum atomic E-state index is -3.83. The van der Waals surface area contributed by atoms with Gasteiger partial charge >= 0.3 is 5.00 Å². The Bertz CT molecular complexity index is 1130. The lowest BCUT2D eigenvalue weighted by Gasteiger charge is -2.19. The van der Waals surface area contributed by atoms with Crippen LogP contribution in [0, 0.1) is 10.1 Å². The summed E-state index contributed by atoms with van der Waals surface area (Å²) < 4.78 is 26.9. The van der Waals surface area contributed by atoms with Gasteiger partial charge in [-0.1, -0.05) is 35.6 Å². The summed E-state index contributed by atoms with van der Waals surface area (Å²) >= 11 is 0.743. The van der Waals surface area contributed by atoms with Gasteiger partial charge in [-0.25, -0.2) is 8.42 Å². The van der Waals surface area contributed by atoms with E-state index < -0.39 is 20.9 Å². The van der Waals surface area contributed by atoms with Crippen molar-refractivity contribution in [2.24, 2.45) is 0 Å². The number of amides is 1. The lowest BCUT2D eigenvalue weighted by Crippen LogP contribution is -2.26. The van der Waals surface area contributed by atoms with Crippen LogP contribution in [0.4, 0.5) is 16.4 Å². The van der Waals surface area contributed by atoms with E-state index in [9.17, 15) is 23.3 Å². The Labute approximate surface area is 165 Å². The standard InChI is InChI=1S/C18H15N3O5S2/c1-20(14-7-3-2-4-8-14)28(25,26)15-9-5-6-13(12-15)19-18(22)16-10-11-17(27-16)21(23)24/h2-12H,1H3,(H,19,22). The topological polar surface area (TPSA) is 110 Å². The number of hydrogen-bond acceptors (Lipinski definition) is 6. The first-order valence-electron chi connectivity index (χ1n) is 7.98. The van der Waals surface area contributed by atoms with Crippen molar-refractivity contribution in [1.82, 2.24) is 0 Å². The highest BCUT2D eigenvalue weighted by atomic mass is 32.2. The van der Waals surface area contributed by atoms with Crippen molar-refractivity contribution in [3.05, 3.63) is 81.7 Å². The number of nitrogens with one attached hydrogen (secondary N) is 1. The third kappa shape index (κ3) is 4.02. The van der Waals surface area contributed by atoms with Gasteiger partial charge in [0.15, 0.2) is 0 Å². The van der Waals surface area contributed by atoms with Crippen molar-refractivity contribution in [3.8, 4) is 0 Å². The highest BCUT2D eigenvalue weighted by molar-refractivity contribution is 7.92. The van der Waals surface area contributed by atoms with Crippen molar-refractivity contribution in [3.63, 3.8) is 0 Å². The summed E-state index contributed by atoms with van der Waals surface area (Å²) in [6.07, 6.45) is 0. The Kier molecular flexibility index (Phi) is 5.43. The van der Waals surface area contributed by atoms with E-state index in [2.05, 4.69) is 5.32 Å². The van der Waals surface area contributed by atoms with E-state index in [4.69, 9.17) is 0 Å². The van der Waals surface area contributed by atoms with Crippen molar-refractivity contribution < 1.29 is 18.1 Å². The fourth-order valence-electron chi connectivity index (χ4n) is 2.41. The van der Waals surface area contributed by atoms with Gasteiger partial charge in [-0.2, -0.15) is 0 Å². The van der Waals surface area contributed by atoms with E-state index in [-0.39, 0.29) is 20.5 Å². The first-order valence-corrected chi connectivity index (χ1v) is 10.2. The molecule has 28 heavy (non-hydrogen) atoms. The van der Waals surface area contributed by atoms with Crippen molar-refractivity contribution in [1.29, 1.82) is 0 Å². The average Bonchev–Trinajstić information content (AvgIpc) is 3.19. The summed E-state index contributed by atoms with van der Waals surface area (Å²) in [7, 11) is -2.38. The molecule has 3 aromatic rings. The van der Waals surface area contributed by atoms with Gasteiger partial charge in [0, 0.05) is 18.8 Å². The smallest absolute Gasteiger partial charge is 0.321 e. The first-order chi connectivity index (χ1) is 13.3. The molecule has 0 spiro atoms. The maximum atomic E-state index is 12.9. The minimum absolute atomic E-state index is 0.00816. The number of anilines is 2. The van der Waals surface area contributed by atoms with Gasteiger partial charge in [-0.3, -0.25) is 19.2 Å². The van der Waals surface area contributed by atoms with Crippen molar-refractivity contribution in [2.75, 3.05) is 16.7 Å². The van der Waals surface area contributed by atoms with E-state index in [1.54, 1.807) is 36.4 Å². The number of rotatable bonds is 6. The average molecular weight is 417 g/mol. The second-order valence-corrected chi connectivity index (χ2v) is 8.72. The second kappa shape index (κ2) is 7.79. The predicted octanol–water partition coefficient (Wildman–Crippen LogP) is 3.73. The van der Waals surface area contributed by atoms with E-state index in [1.807, 2.05) is 0 Å². The molecule has 0 saturated carbocycles. The number of hydrogen-bond donors (Lipinski definition) is 1. The molecule has 3 rings (SSSR count). The number of carbonyl (C=O) groups excluding carboxylic acids is 1. The molecule has 0 atom stereocenters. The molecule has 10 heteroatoms. The molecule has 0 unspecified atom stereocenters. The molecule has 144 valence electrons. The molecule has 1 amide bonds. The molecular formula is C18H15N3O5S2. The highest BCUT2D eigenvalue weighted by Gasteiger charge is 2.22. The SMILES string of the molecule is CN(c1ccccc1)S(=O)(=O)c1cccc(NC(=O)c2ccc([N+](=O)[O-])s2)c1. The normalized spacial score (nSPS) is 11.0. The molecule has 0 aliphatic heterocycles. The van der Waals surface area contributed by atoms with E-state index in [0.29, 0.717) is 5.69 Å². The quantitative estimate of drug-likeness (QED) is 0.485. The number of para-hydroxylation sites is 1. The number of nitrogens with zero attached hydrogens (tertiary/aromatic N) is 2. The van der Waals surface area contributed by atoms with Crippen LogP contribution in [0.15, 0.2) is 71.6 Å². The fraction of sp³-hybridized carbons (Fsp3) is 0.0556. The molecule has 2 aromatic carbocycles. The zero-order chi connectivity index (χ0) is 20.3. The molecule has 0 aliphatic rings. The molecule has 8 nitrogen and oxygen atoms in total. The summed E-state index contributed by atoms with van der Waals surface area (Å²) in [5, 5.41) is 13.2. The number of nitro groups is 1. The molecule has 1 heterocycles. The van der Waals surface area contributed by atoms with Crippen LogP contribution in [-0.2, 0) is 10.0 Å². The summed E-state index contributed by atoms with van der Waals surface area (Å²) in [4.78, 5) is 22.6. The Hall–Kier alpha value is -3.24. The van der Waals surface area contributed by atoms with Gasteiger partial charge in [0.05, 0.1) is 20.4 Å². The second-order valence-electron chi connectivity index (χ2n) is 5.69. The third-order valence-corrected chi connectivity index (χ3v) is 6.68. The molecule has 0 bridgehead atoms. The van der Waals surface area contributed by atoms with Crippen LogP contribution in [0.3, 0.4) is 0 Å². The molecule has 0 radical (unpaired) electrons. The molecule has 1 aromatic heterocycles. The first kappa shape index (κ1) is 19.5. The van der Waals surface area contributed by atoms with Gasteiger partial charge in [0.25, 0.3) is 15.9 Å². The van der Waals surface area contributed by atoms with Gasteiger partial charge in [0.2, 0.25) is 0 Å². The lowest BCUT2D eigenvalue weighted by molar-refractivity contribution is -0.380. The maximum absolute atomic E-state index is 12.9. The number of thiophene rings is 1. The lowest BCUT2D eigenvalue weighted by atomic mass is 10.3. The number of carbonyl (C=O) groups is 1. The van der Waals surface area contributed by atoms with Gasteiger partial charge in [-0.15, -0.1) is 0 Å². The molecule has 0 saturated heterocycles. The summed E-state index contributed by atoms with van der Waals surface area (Å²) in [5.41, 5.74) is 0.770. The maximum Gasteiger partial charge on any atom is 0.324 e. The molecule has 1 N–H and O–H groups in total. The molecule has 0 fully saturated rings. The van der Waals surface area contributed by atoms with Crippen molar-refractivity contribution in [2.45, 2.75) is 4.90 Å². The van der Waals surface area contributed by atoms with Gasteiger partial charge < -0.3 is 5.32 Å². The number of sulfonamides is 1. The third-order valence-electron chi connectivity index (χ3n) is 3.87. The van der Waals surface area contributed by atoms with E-state index in [1.165, 1.54) is 37.4 Å². The monoisotopic (exact) mass is 417 g/mol. The van der Waals surface area contributed by atoms with Crippen LogP contribution in [0.1, 0.15) is 9.67 Å². The van der Waals surface area contributed by atoms with Crippen LogP contribution < -0.4 is 9.62 Å². The summed E-state index contributed by atoms with van der Waals surface area (Å²) in [6.45, 7) is 0. The Morgan fingerprint density at radius 1 is 1.07 bits per heavy atom. The summed E-state index contributed by atoms with van der Waals surface area (Å²) in [6, 6.07) is 17.0. The minimum Gasteiger partial charge on any atom is -0.321 e. The largest absolute Gasteiger partial charge is 0.324 e. The van der Waals surface area contributed by atoms with Crippen LogP contribution in [-0.4, -0.2) is 26.3 Å². The van der Waals surface area contributed by atoms with E-state index >= 15 is 0 Å². The molecule has 0 aliphatic carbocycles. The predicted molar refractivity (Wildman–Crippen MR) is 107 cm³/mol. The van der Waals surface area contributed by atoms with Gasteiger partial charge in [-0.05, 0) is 36.4 Å². The van der Waals surface area contributed by atoms with E-state index in [0.717, 1.165) is 15.6 Å². The Morgan fingerprint density at radius 2 is 1.79 bits per heavy atom. The van der Waals surface area contributed by atoms with Crippen LogP contribution >= 0.6 is 11.3 Å². The number of benzene rings is 2. The zero-order valence-corrected chi connectivity index (χ0v) is 16.2.